The Hall–Kier alpha value is -1.12. The highest BCUT2D eigenvalue weighted by atomic mass is 19.2. The minimum Gasteiger partial charge on any atom is -0.494 e. The van der Waals surface area contributed by atoms with Crippen LogP contribution in [0.25, 0.3) is 0 Å². The number of rotatable bonds is 2. The van der Waals surface area contributed by atoms with Gasteiger partial charge in [0.2, 0.25) is 5.82 Å². The van der Waals surface area contributed by atoms with Crippen molar-refractivity contribution in [3.05, 3.63) is 29.3 Å². The fourth-order valence-electron chi connectivity index (χ4n) is 1.07. The third kappa shape index (κ3) is 1.97. The second-order valence-corrected chi connectivity index (χ2v) is 3.17. The topological polar surface area (TPSA) is 9.23 Å². The number of hydrogen-bond acceptors (Lipinski definition) is 1. The molecule has 0 aliphatic heterocycles. The molecule has 0 radical (unpaired) electrons. The molecule has 0 aromatic heterocycles. The molecule has 0 aliphatic rings. The Morgan fingerprint density at radius 2 is 1.85 bits per heavy atom. The molecule has 0 heterocycles. The van der Waals surface area contributed by atoms with Gasteiger partial charge >= 0.3 is 0 Å². The van der Waals surface area contributed by atoms with Crippen LogP contribution < -0.4 is 4.74 Å². The van der Waals surface area contributed by atoms with E-state index >= 15 is 0 Å². The highest BCUT2D eigenvalue weighted by Crippen LogP contribution is 2.25. The van der Waals surface area contributed by atoms with Crippen LogP contribution in [0.15, 0.2) is 12.1 Å². The third-order valence-electron chi connectivity index (χ3n) is 1.90. The average molecular weight is 186 g/mol. The number of hydrogen-bond donors (Lipinski definition) is 0. The summed E-state index contributed by atoms with van der Waals surface area (Å²) in [7, 11) is 1.32. The summed E-state index contributed by atoms with van der Waals surface area (Å²) in [5.41, 5.74) is 0.732. The van der Waals surface area contributed by atoms with Gasteiger partial charge in [0.15, 0.2) is 11.6 Å². The van der Waals surface area contributed by atoms with Crippen molar-refractivity contribution >= 4 is 0 Å². The Bertz CT molecular complexity index is 308. The van der Waals surface area contributed by atoms with Gasteiger partial charge in [-0.1, -0.05) is 13.8 Å². The molecular formula is C10H12F2O. The summed E-state index contributed by atoms with van der Waals surface area (Å²) >= 11 is 0. The normalized spacial score (nSPS) is 10.6. The molecule has 0 saturated carbocycles. The van der Waals surface area contributed by atoms with Crippen LogP contribution in [-0.4, -0.2) is 7.11 Å². The van der Waals surface area contributed by atoms with Crippen molar-refractivity contribution in [1.82, 2.24) is 0 Å². The van der Waals surface area contributed by atoms with Gasteiger partial charge in [-0.15, -0.1) is 0 Å². The van der Waals surface area contributed by atoms with E-state index in [1.54, 1.807) is 0 Å². The van der Waals surface area contributed by atoms with Crippen LogP contribution in [0.1, 0.15) is 25.3 Å². The quantitative estimate of drug-likeness (QED) is 0.689. The van der Waals surface area contributed by atoms with Crippen molar-refractivity contribution in [2.75, 3.05) is 7.11 Å². The molecule has 1 aromatic rings. The van der Waals surface area contributed by atoms with Gasteiger partial charge in [0.1, 0.15) is 0 Å². The molecule has 0 bridgehead atoms. The first-order chi connectivity index (χ1) is 6.06. The molecule has 1 rings (SSSR count). The Morgan fingerprint density at radius 3 is 2.31 bits per heavy atom. The van der Waals surface area contributed by atoms with E-state index in [2.05, 4.69) is 0 Å². The number of benzene rings is 1. The standard InChI is InChI=1S/C10H12F2O/c1-6(2)7-4-8(11)10(12)9(5-7)13-3/h4-6H,1-3H3. The molecule has 3 heteroatoms. The molecule has 0 spiro atoms. The van der Waals surface area contributed by atoms with E-state index in [0.29, 0.717) is 0 Å². The minimum atomic E-state index is -0.924. The molecule has 0 unspecified atom stereocenters. The summed E-state index contributed by atoms with van der Waals surface area (Å²) in [5, 5.41) is 0. The van der Waals surface area contributed by atoms with Crippen molar-refractivity contribution in [2.45, 2.75) is 19.8 Å². The van der Waals surface area contributed by atoms with Crippen LogP contribution in [-0.2, 0) is 0 Å². The summed E-state index contributed by atoms with van der Waals surface area (Å²) in [5.74, 6) is -1.66. The molecule has 1 nitrogen and oxygen atoms in total. The predicted molar refractivity (Wildman–Crippen MR) is 47.0 cm³/mol. The van der Waals surface area contributed by atoms with E-state index in [1.165, 1.54) is 19.2 Å². The molecule has 0 N–H and O–H groups in total. The average Bonchev–Trinajstić information content (AvgIpc) is 2.09. The monoisotopic (exact) mass is 186 g/mol. The van der Waals surface area contributed by atoms with Gasteiger partial charge in [-0.2, -0.15) is 4.39 Å². The Labute approximate surface area is 76.3 Å². The fourth-order valence-corrected chi connectivity index (χ4v) is 1.07. The van der Waals surface area contributed by atoms with Crippen molar-refractivity contribution in [2.24, 2.45) is 0 Å². The SMILES string of the molecule is COc1cc(C(C)C)cc(F)c1F. The van der Waals surface area contributed by atoms with E-state index < -0.39 is 11.6 Å². The molecule has 0 aliphatic carbocycles. The lowest BCUT2D eigenvalue weighted by molar-refractivity contribution is 0.370. The van der Waals surface area contributed by atoms with Gasteiger partial charge in [0, 0.05) is 0 Å². The lowest BCUT2D eigenvalue weighted by Gasteiger charge is -2.09. The Balaban J connectivity index is 3.22. The molecular weight excluding hydrogens is 174 g/mol. The van der Waals surface area contributed by atoms with E-state index in [-0.39, 0.29) is 11.7 Å². The van der Waals surface area contributed by atoms with Gasteiger partial charge < -0.3 is 4.74 Å². The van der Waals surface area contributed by atoms with Gasteiger partial charge in [0.05, 0.1) is 7.11 Å². The highest BCUT2D eigenvalue weighted by Gasteiger charge is 2.12. The second kappa shape index (κ2) is 3.73. The van der Waals surface area contributed by atoms with Crippen LogP contribution in [0, 0.1) is 11.6 Å². The maximum atomic E-state index is 12.9. The van der Waals surface area contributed by atoms with Crippen molar-refractivity contribution < 1.29 is 13.5 Å². The van der Waals surface area contributed by atoms with Crippen LogP contribution in [0.4, 0.5) is 8.78 Å². The maximum absolute atomic E-state index is 12.9. The van der Waals surface area contributed by atoms with Gasteiger partial charge in [-0.3, -0.25) is 0 Å². The summed E-state index contributed by atoms with van der Waals surface area (Å²) in [6.07, 6.45) is 0. The van der Waals surface area contributed by atoms with Gasteiger partial charge in [-0.05, 0) is 23.6 Å². The van der Waals surface area contributed by atoms with E-state index in [1.807, 2.05) is 13.8 Å². The zero-order valence-electron chi connectivity index (χ0n) is 7.90. The van der Waals surface area contributed by atoms with Crippen molar-refractivity contribution in [3.63, 3.8) is 0 Å². The largest absolute Gasteiger partial charge is 0.494 e. The molecule has 0 atom stereocenters. The van der Waals surface area contributed by atoms with Crippen LogP contribution in [0.2, 0.25) is 0 Å². The van der Waals surface area contributed by atoms with E-state index in [4.69, 9.17) is 4.74 Å². The summed E-state index contributed by atoms with van der Waals surface area (Å²) in [6, 6.07) is 2.71. The van der Waals surface area contributed by atoms with Crippen molar-refractivity contribution in [3.8, 4) is 5.75 Å². The van der Waals surface area contributed by atoms with Crippen LogP contribution in [0.5, 0.6) is 5.75 Å². The number of ether oxygens (including phenoxy) is 1. The first-order valence-corrected chi connectivity index (χ1v) is 4.09. The van der Waals surface area contributed by atoms with E-state index in [9.17, 15) is 8.78 Å². The maximum Gasteiger partial charge on any atom is 0.200 e. The third-order valence-corrected chi connectivity index (χ3v) is 1.90. The van der Waals surface area contributed by atoms with Crippen LogP contribution >= 0.6 is 0 Å². The van der Waals surface area contributed by atoms with Crippen molar-refractivity contribution in [1.29, 1.82) is 0 Å². The molecule has 72 valence electrons. The Morgan fingerprint density at radius 1 is 1.23 bits per heavy atom. The second-order valence-electron chi connectivity index (χ2n) is 3.17. The highest BCUT2D eigenvalue weighted by molar-refractivity contribution is 5.32. The minimum absolute atomic E-state index is 0.0382. The first kappa shape index (κ1) is 9.96. The van der Waals surface area contributed by atoms with Gasteiger partial charge in [-0.25, -0.2) is 4.39 Å². The first-order valence-electron chi connectivity index (χ1n) is 4.09. The zero-order valence-corrected chi connectivity index (χ0v) is 7.90. The lowest BCUT2D eigenvalue weighted by atomic mass is 10.0. The molecule has 0 fully saturated rings. The summed E-state index contributed by atoms with van der Waals surface area (Å²) < 4.78 is 30.6. The van der Waals surface area contributed by atoms with Gasteiger partial charge in [0.25, 0.3) is 0 Å². The number of methoxy groups -OCH3 is 1. The predicted octanol–water partition coefficient (Wildman–Crippen LogP) is 3.10. The number of halogens is 2. The summed E-state index contributed by atoms with van der Waals surface area (Å²) in [6.45, 7) is 3.82. The molecule has 1 aromatic carbocycles. The zero-order chi connectivity index (χ0) is 10.0. The fraction of sp³-hybridized carbons (Fsp3) is 0.400. The Kier molecular flexibility index (Phi) is 2.86. The lowest BCUT2D eigenvalue weighted by Crippen LogP contribution is -1.96. The molecule has 0 amide bonds. The summed E-state index contributed by atoms with van der Waals surface area (Å²) in [4.78, 5) is 0. The molecule has 0 saturated heterocycles. The van der Waals surface area contributed by atoms with Crippen LogP contribution in [0.3, 0.4) is 0 Å². The smallest absolute Gasteiger partial charge is 0.200 e. The molecule has 13 heavy (non-hydrogen) atoms. The van der Waals surface area contributed by atoms with E-state index in [0.717, 1.165) is 5.56 Å².